The third-order valence-corrected chi connectivity index (χ3v) is 5.97. The molecule has 2 heterocycles. The highest BCUT2D eigenvalue weighted by atomic mass is 16.2. The Morgan fingerprint density at radius 3 is 2.53 bits per heavy atom. The lowest BCUT2D eigenvalue weighted by Gasteiger charge is -2.31. The number of anilines is 2. The van der Waals surface area contributed by atoms with E-state index >= 15 is 0 Å². The van der Waals surface area contributed by atoms with Crippen LogP contribution in [0.4, 0.5) is 11.4 Å². The minimum Gasteiger partial charge on any atom is -0.323 e. The number of amides is 2. The fraction of sp³-hybridized carbons (Fsp3) is 0.417. The number of benzene rings is 2. The minimum atomic E-state index is -0.396. The lowest BCUT2D eigenvalue weighted by atomic mass is 10.0. The zero-order valence-electron chi connectivity index (χ0n) is 17.6. The summed E-state index contributed by atoms with van der Waals surface area (Å²) in [7, 11) is 0. The fourth-order valence-electron chi connectivity index (χ4n) is 4.26. The van der Waals surface area contributed by atoms with Crippen LogP contribution in [0.3, 0.4) is 0 Å². The number of fused-ring (bicyclic) bond motifs is 1. The molecule has 0 bridgehead atoms. The molecule has 2 aliphatic heterocycles. The molecule has 2 aromatic carbocycles. The molecule has 1 unspecified atom stereocenters. The molecule has 2 aromatic rings. The Bertz CT molecular complexity index is 908. The number of hydrogen-bond acceptors (Lipinski definition) is 4. The summed E-state index contributed by atoms with van der Waals surface area (Å²) in [4.78, 5) is 29.2. The number of hydrogen-bond donors (Lipinski definition) is 2. The van der Waals surface area contributed by atoms with Crippen molar-refractivity contribution in [1.29, 1.82) is 0 Å². The van der Waals surface area contributed by atoms with Gasteiger partial charge in [-0.15, -0.1) is 0 Å². The van der Waals surface area contributed by atoms with Crippen molar-refractivity contribution in [3.8, 4) is 0 Å². The van der Waals surface area contributed by atoms with Crippen molar-refractivity contribution in [2.45, 2.75) is 45.3 Å². The Morgan fingerprint density at radius 2 is 1.73 bits per heavy atom. The molecular weight excluding hydrogens is 376 g/mol. The van der Waals surface area contributed by atoms with Crippen LogP contribution in [0, 0.1) is 0 Å². The van der Waals surface area contributed by atoms with Crippen molar-refractivity contribution >= 4 is 23.2 Å². The summed E-state index contributed by atoms with van der Waals surface area (Å²) < 4.78 is 0. The second-order valence-electron chi connectivity index (χ2n) is 8.20. The normalized spacial score (nSPS) is 17.9. The van der Waals surface area contributed by atoms with E-state index in [-0.39, 0.29) is 18.4 Å². The molecule has 2 N–H and O–H groups in total. The zero-order chi connectivity index (χ0) is 20.9. The van der Waals surface area contributed by atoms with Gasteiger partial charge in [-0.2, -0.15) is 0 Å². The number of nitrogens with zero attached hydrogens (tertiary/aromatic N) is 2. The molecule has 1 fully saturated rings. The van der Waals surface area contributed by atoms with E-state index in [1.54, 1.807) is 4.90 Å². The maximum Gasteiger partial charge on any atom is 0.244 e. The number of piperidine rings is 1. The molecule has 0 saturated carbocycles. The maximum absolute atomic E-state index is 13.1. The number of carbonyl (C=O) groups is 2. The van der Waals surface area contributed by atoms with Crippen LogP contribution >= 0.6 is 0 Å². The predicted octanol–water partition coefficient (Wildman–Crippen LogP) is 3.14. The highest BCUT2D eigenvalue weighted by Gasteiger charge is 2.29. The quantitative estimate of drug-likeness (QED) is 0.774. The molecule has 158 valence electrons. The first-order valence-electron chi connectivity index (χ1n) is 10.8. The fourth-order valence-corrected chi connectivity index (χ4v) is 4.26. The van der Waals surface area contributed by atoms with E-state index in [4.69, 9.17) is 0 Å². The van der Waals surface area contributed by atoms with E-state index in [1.165, 1.54) is 30.4 Å². The maximum atomic E-state index is 13.1. The van der Waals surface area contributed by atoms with E-state index in [0.717, 1.165) is 25.3 Å². The van der Waals surface area contributed by atoms with Gasteiger partial charge in [0.1, 0.15) is 6.54 Å². The van der Waals surface area contributed by atoms with Crippen molar-refractivity contribution in [2.75, 3.05) is 29.9 Å². The highest BCUT2D eigenvalue weighted by molar-refractivity contribution is 6.11. The molecule has 0 spiro atoms. The molecule has 1 saturated heterocycles. The Labute approximate surface area is 178 Å². The van der Waals surface area contributed by atoms with Crippen LogP contribution in [0.15, 0.2) is 48.5 Å². The lowest BCUT2D eigenvalue weighted by Crippen LogP contribution is -2.49. The van der Waals surface area contributed by atoms with Crippen molar-refractivity contribution in [2.24, 2.45) is 0 Å². The summed E-state index contributed by atoms with van der Waals surface area (Å²) in [6.45, 7) is 5.82. The second-order valence-corrected chi connectivity index (χ2v) is 8.20. The third-order valence-electron chi connectivity index (χ3n) is 5.97. The zero-order valence-corrected chi connectivity index (χ0v) is 17.6. The van der Waals surface area contributed by atoms with Gasteiger partial charge in [-0.05, 0) is 56.1 Å². The van der Waals surface area contributed by atoms with Gasteiger partial charge in [-0.25, -0.2) is 0 Å². The molecule has 2 amide bonds. The monoisotopic (exact) mass is 406 g/mol. The van der Waals surface area contributed by atoms with Crippen LogP contribution in [-0.2, 0) is 22.7 Å². The Hall–Kier alpha value is -2.70. The number of para-hydroxylation sites is 2. The topological polar surface area (TPSA) is 64.7 Å². The van der Waals surface area contributed by atoms with Gasteiger partial charge in [0, 0.05) is 13.1 Å². The van der Waals surface area contributed by atoms with Crippen molar-refractivity contribution in [3.05, 3.63) is 59.7 Å². The molecule has 4 rings (SSSR count). The van der Waals surface area contributed by atoms with Crippen molar-refractivity contribution in [3.63, 3.8) is 0 Å². The van der Waals surface area contributed by atoms with E-state index in [2.05, 4.69) is 39.8 Å². The van der Waals surface area contributed by atoms with Crippen LogP contribution in [0.5, 0.6) is 0 Å². The molecular formula is C24H30N4O2. The number of likely N-dealkylation sites (tertiary alicyclic amines) is 1. The van der Waals surface area contributed by atoms with E-state index in [9.17, 15) is 9.59 Å². The molecule has 30 heavy (non-hydrogen) atoms. The molecule has 2 aliphatic rings. The average Bonchev–Trinajstić information content (AvgIpc) is 2.78. The summed E-state index contributed by atoms with van der Waals surface area (Å²) >= 11 is 0. The molecule has 0 aliphatic carbocycles. The summed E-state index contributed by atoms with van der Waals surface area (Å²) in [6, 6.07) is 15.5. The number of carbonyl (C=O) groups excluding carboxylic acids is 2. The van der Waals surface area contributed by atoms with Gasteiger partial charge in [0.15, 0.2) is 0 Å². The second kappa shape index (κ2) is 9.41. The summed E-state index contributed by atoms with van der Waals surface area (Å²) in [5.74, 6) is -0.257. The summed E-state index contributed by atoms with van der Waals surface area (Å²) in [5, 5.41) is 6.21. The standard InChI is InChI=1S/C24H30N4O2/c1-18(24(30)28-17-23(29)26-21-11-5-6-12-22(21)28)25-15-19-9-3-4-10-20(19)16-27-13-7-2-8-14-27/h3-6,9-12,18,25H,2,7-8,13-17H2,1H3,(H,26,29). The third kappa shape index (κ3) is 4.71. The molecule has 6 nitrogen and oxygen atoms in total. The SMILES string of the molecule is CC(NCc1ccccc1CN1CCCCC1)C(=O)N1CC(=O)Nc2ccccc21. The first-order valence-corrected chi connectivity index (χ1v) is 10.8. The summed E-state index contributed by atoms with van der Waals surface area (Å²) in [6.07, 6.45) is 3.88. The van der Waals surface area contributed by atoms with Gasteiger partial charge >= 0.3 is 0 Å². The molecule has 1 atom stereocenters. The number of rotatable bonds is 6. The smallest absolute Gasteiger partial charge is 0.244 e. The number of nitrogens with one attached hydrogen (secondary N) is 2. The van der Waals surface area contributed by atoms with Crippen molar-refractivity contribution in [1.82, 2.24) is 10.2 Å². The van der Waals surface area contributed by atoms with Crippen LogP contribution in [0.25, 0.3) is 0 Å². The van der Waals surface area contributed by atoms with Crippen LogP contribution in [0.2, 0.25) is 0 Å². The minimum absolute atomic E-state index is 0.0490. The summed E-state index contributed by atoms with van der Waals surface area (Å²) in [5.41, 5.74) is 3.97. The molecule has 0 radical (unpaired) electrons. The van der Waals surface area contributed by atoms with E-state index < -0.39 is 6.04 Å². The highest BCUT2D eigenvalue weighted by Crippen LogP contribution is 2.29. The van der Waals surface area contributed by atoms with Crippen LogP contribution < -0.4 is 15.5 Å². The van der Waals surface area contributed by atoms with E-state index in [0.29, 0.717) is 12.2 Å². The van der Waals surface area contributed by atoms with Crippen LogP contribution in [-0.4, -0.2) is 42.4 Å². The average molecular weight is 407 g/mol. The van der Waals surface area contributed by atoms with E-state index in [1.807, 2.05) is 31.2 Å². The van der Waals surface area contributed by atoms with Gasteiger partial charge in [-0.1, -0.05) is 42.8 Å². The van der Waals surface area contributed by atoms with Gasteiger partial charge in [0.2, 0.25) is 11.8 Å². The van der Waals surface area contributed by atoms with Crippen LogP contribution in [0.1, 0.15) is 37.3 Å². The predicted molar refractivity (Wildman–Crippen MR) is 119 cm³/mol. The largest absolute Gasteiger partial charge is 0.323 e. The molecule has 0 aromatic heterocycles. The Balaban J connectivity index is 1.41. The van der Waals surface area contributed by atoms with Gasteiger partial charge in [-0.3, -0.25) is 19.4 Å². The first kappa shape index (κ1) is 20.6. The Morgan fingerprint density at radius 1 is 1.03 bits per heavy atom. The van der Waals surface area contributed by atoms with Gasteiger partial charge < -0.3 is 10.6 Å². The van der Waals surface area contributed by atoms with Gasteiger partial charge in [0.05, 0.1) is 17.4 Å². The van der Waals surface area contributed by atoms with Crippen molar-refractivity contribution < 1.29 is 9.59 Å². The molecule has 6 heteroatoms. The van der Waals surface area contributed by atoms with Gasteiger partial charge in [0.25, 0.3) is 0 Å². The Kier molecular flexibility index (Phi) is 6.45. The lowest BCUT2D eigenvalue weighted by molar-refractivity contribution is -0.123. The first-order chi connectivity index (χ1) is 14.6.